The van der Waals surface area contributed by atoms with Crippen LogP contribution in [0.1, 0.15) is 33.6 Å². The molecule has 0 saturated heterocycles. The summed E-state index contributed by atoms with van der Waals surface area (Å²) in [5, 5.41) is 0. The van der Waals surface area contributed by atoms with Crippen LogP contribution in [0, 0.1) is 53.3 Å². The number of rotatable bonds is 3. The first-order valence-electron chi connectivity index (χ1n) is 6.02. The summed E-state index contributed by atoms with van der Waals surface area (Å²) in [7, 11) is 0. The van der Waals surface area contributed by atoms with E-state index in [-0.39, 0.29) is 6.42 Å². The Morgan fingerprint density at radius 3 is 2.15 bits per heavy atom. The number of ketones is 3. The molecule has 0 aromatic heterocycles. The van der Waals surface area contributed by atoms with Crippen molar-refractivity contribution >= 4 is 17.3 Å². The maximum absolute atomic E-state index is 12.0. The minimum atomic E-state index is -1.75. The Kier molecular flexibility index (Phi) is 7.22. The lowest BCUT2D eigenvalue weighted by atomic mass is 9.77. The Morgan fingerprint density at radius 2 is 1.70 bits per heavy atom. The Hall–Kier alpha value is -2.75. The molecule has 3 nitrogen and oxygen atoms in total. The number of terminal acetylenes is 1. The summed E-state index contributed by atoms with van der Waals surface area (Å²) in [6.07, 6.45) is 5.63. The SMILES string of the molecule is C#CC(=O)C(C#CC(=O)C#CCC)(CC)C(=O)C#CC. The molecule has 0 fully saturated rings. The van der Waals surface area contributed by atoms with Crippen molar-refractivity contribution in [2.45, 2.75) is 33.6 Å². The van der Waals surface area contributed by atoms with Crippen LogP contribution in [0.3, 0.4) is 0 Å². The van der Waals surface area contributed by atoms with E-state index in [4.69, 9.17) is 6.42 Å². The Bertz CT molecular complexity index is 642. The molecule has 0 aromatic rings. The molecule has 1 unspecified atom stereocenters. The highest BCUT2D eigenvalue weighted by molar-refractivity contribution is 6.22. The summed E-state index contributed by atoms with van der Waals surface area (Å²) in [5.74, 6) is 13.8. The minimum absolute atomic E-state index is 0.0467. The smallest absolute Gasteiger partial charge is 0.279 e. The molecule has 0 aliphatic heterocycles. The van der Waals surface area contributed by atoms with Gasteiger partial charge >= 0.3 is 0 Å². The Balaban J connectivity index is 5.79. The van der Waals surface area contributed by atoms with Gasteiger partial charge in [0.15, 0.2) is 5.41 Å². The molecule has 0 spiro atoms. The molecular weight excluding hydrogens is 252 g/mol. The second kappa shape index (κ2) is 8.37. The van der Waals surface area contributed by atoms with Crippen LogP contribution < -0.4 is 0 Å². The summed E-state index contributed by atoms with van der Waals surface area (Å²) in [5.41, 5.74) is -1.75. The van der Waals surface area contributed by atoms with Crippen molar-refractivity contribution in [3.05, 3.63) is 0 Å². The second-order valence-electron chi connectivity index (χ2n) is 3.67. The number of Topliss-reactive ketones (excluding diaryl/α,β-unsaturated/α-hetero) is 3. The van der Waals surface area contributed by atoms with Crippen LogP contribution in [0.4, 0.5) is 0 Å². The van der Waals surface area contributed by atoms with E-state index in [2.05, 4.69) is 35.5 Å². The van der Waals surface area contributed by atoms with Gasteiger partial charge in [-0.15, -0.1) is 6.42 Å². The number of hydrogen-bond acceptors (Lipinski definition) is 3. The highest BCUT2D eigenvalue weighted by Crippen LogP contribution is 2.23. The molecule has 0 radical (unpaired) electrons. The molecule has 0 heterocycles. The van der Waals surface area contributed by atoms with E-state index in [1.54, 1.807) is 13.8 Å². The van der Waals surface area contributed by atoms with E-state index in [1.165, 1.54) is 6.92 Å². The maximum Gasteiger partial charge on any atom is 0.279 e. The largest absolute Gasteiger partial charge is 0.283 e. The molecule has 100 valence electrons. The quantitative estimate of drug-likeness (QED) is 0.437. The molecule has 0 amide bonds. The molecule has 0 saturated carbocycles. The van der Waals surface area contributed by atoms with Crippen molar-refractivity contribution in [2.75, 3.05) is 0 Å². The molecular formula is C17H14O3. The second-order valence-corrected chi connectivity index (χ2v) is 3.67. The first-order chi connectivity index (χ1) is 9.48. The third kappa shape index (κ3) is 4.17. The monoisotopic (exact) mass is 266 g/mol. The summed E-state index contributed by atoms with van der Waals surface area (Å²) in [4.78, 5) is 35.2. The molecule has 0 bridgehead atoms. The van der Waals surface area contributed by atoms with Crippen LogP contribution in [0.25, 0.3) is 0 Å². The lowest BCUT2D eigenvalue weighted by molar-refractivity contribution is -0.130. The van der Waals surface area contributed by atoms with Crippen LogP contribution in [0.15, 0.2) is 0 Å². The molecule has 0 aliphatic rings. The number of carbonyl (C=O) groups excluding carboxylic acids is 3. The van der Waals surface area contributed by atoms with Gasteiger partial charge in [0.25, 0.3) is 5.78 Å². The predicted molar refractivity (Wildman–Crippen MR) is 75.9 cm³/mol. The molecule has 0 aliphatic carbocycles. The fraction of sp³-hybridized carbons (Fsp3) is 0.353. The molecule has 0 N–H and O–H groups in total. The van der Waals surface area contributed by atoms with Crippen LogP contribution in [0.5, 0.6) is 0 Å². The molecule has 0 aromatic carbocycles. The maximum atomic E-state index is 12.0. The van der Waals surface area contributed by atoms with Crippen LogP contribution in [-0.4, -0.2) is 17.3 Å². The fourth-order valence-corrected chi connectivity index (χ4v) is 1.33. The Morgan fingerprint density at radius 1 is 1.05 bits per heavy atom. The molecule has 1 atom stereocenters. The van der Waals surface area contributed by atoms with E-state index >= 15 is 0 Å². The average molecular weight is 266 g/mol. The zero-order chi connectivity index (χ0) is 15.6. The zero-order valence-corrected chi connectivity index (χ0v) is 11.7. The van der Waals surface area contributed by atoms with Crippen molar-refractivity contribution in [3.8, 4) is 47.9 Å². The zero-order valence-electron chi connectivity index (χ0n) is 11.7. The van der Waals surface area contributed by atoms with Gasteiger partial charge in [-0.3, -0.25) is 14.4 Å². The van der Waals surface area contributed by atoms with E-state index in [0.717, 1.165) is 0 Å². The minimum Gasteiger partial charge on any atom is -0.283 e. The van der Waals surface area contributed by atoms with Crippen LogP contribution in [0.2, 0.25) is 0 Å². The highest BCUT2D eigenvalue weighted by atomic mass is 16.2. The van der Waals surface area contributed by atoms with Crippen molar-refractivity contribution in [1.82, 2.24) is 0 Å². The third-order valence-corrected chi connectivity index (χ3v) is 2.44. The lowest BCUT2D eigenvalue weighted by Crippen LogP contribution is -2.36. The first-order valence-corrected chi connectivity index (χ1v) is 6.02. The van der Waals surface area contributed by atoms with Gasteiger partial charge < -0.3 is 0 Å². The fourth-order valence-electron chi connectivity index (χ4n) is 1.33. The van der Waals surface area contributed by atoms with E-state index in [0.29, 0.717) is 6.42 Å². The molecule has 3 heteroatoms. The number of carbonyl (C=O) groups is 3. The van der Waals surface area contributed by atoms with Crippen molar-refractivity contribution in [3.63, 3.8) is 0 Å². The third-order valence-electron chi connectivity index (χ3n) is 2.44. The van der Waals surface area contributed by atoms with Gasteiger partial charge in [-0.1, -0.05) is 31.6 Å². The van der Waals surface area contributed by atoms with Gasteiger partial charge in [-0.2, -0.15) is 0 Å². The Labute approximate surface area is 119 Å². The first kappa shape index (κ1) is 17.2. The van der Waals surface area contributed by atoms with Gasteiger partial charge in [-0.25, -0.2) is 0 Å². The van der Waals surface area contributed by atoms with Gasteiger partial charge in [0.05, 0.1) is 0 Å². The van der Waals surface area contributed by atoms with Crippen molar-refractivity contribution < 1.29 is 14.4 Å². The number of hydrogen-bond donors (Lipinski definition) is 0. The summed E-state index contributed by atoms with van der Waals surface area (Å²) >= 11 is 0. The van der Waals surface area contributed by atoms with E-state index < -0.39 is 22.8 Å². The topological polar surface area (TPSA) is 51.2 Å². The van der Waals surface area contributed by atoms with E-state index in [9.17, 15) is 14.4 Å². The average Bonchev–Trinajstić information content (AvgIpc) is 2.45. The standard InChI is InChI=1S/C17H14O3/c1-5-9-11-14(18)12-13-17(8-4,15(19)7-3)16(20)10-6-2/h3H,5,8H2,1-2,4H3. The summed E-state index contributed by atoms with van der Waals surface area (Å²) in [6, 6.07) is 0. The predicted octanol–water partition coefficient (Wildman–Crippen LogP) is 1.16. The van der Waals surface area contributed by atoms with Gasteiger partial charge in [0.2, 0.25) is 11.6 Å². The summed E-state index contributed by atoms with van der Waals surface area (Å²) in [6.45, 7) is 4.83. The molecule has 0 rings (SSSR count). The van der Waals surface area contributed by atoms with Crippen molar-refractivity contribution in [1.29, 1.82) is 0 Å². The van der Waals surface area contributed by atoms with Crippen LogP contribution >= 0.6 is 0 Å². The van der Waals surface area contributed by atoms with Crippen molar-refractivity contribution in [2.24, 2.45) is 5.41 Å². The van der Waals surface area contributed by atoms with Gasteiger partial charge in [0.1, 0.15) is 0 Å². The van der Waals surface area contributed by atoms with Gasteiger partial charge in [-0.05, 0) is 37.0 Å². The highest BCUT2D eigenvalue weighted by Gasteiger charge is 2.41. The normalized spacial score (nSPS) is 10.9. The van der Waals surface area contributed by atoms with E-state index in [1.807, 2.05) is 5.92 Å². The lowest BCUT2D eigenvalue weighted by Gasteiger charge is -2.17. The summed E-state index contributed by atoms with van der Waals surface area (Å²) < 4.78 is 0. The molecule has 20 heavy (non-hydrogen) atoms. The van der Waals surface area contributed by atoms with Gasteiger partial charge in [0, 0.05) is 6.42 Å². The van der Waals surface area contributed by atoms with Crippen LogP contribution in [-0.2, 0) is 14.4 Å².